The first-order valence-electron chi connectivity index (χ1n) is 4.04. The summed E-state index contributed by atoms with van der Waals surface area (Å²) in [6, 6.07) is 0. The molecule has 2 rings (SSSR count). The van der Waals surface area contributed by atoms with E-state index in [9.17, 15) is 13.2 Å². The summed E-state index contributed by atoms with van der Waals surface area (Å²) in [5.74, 6) is -0.231. The second-order valence-corrected chi connectivity index (χ2v) is 3.32. The van der Waals surface area contributed by atoms with Crippen LogP contribution in [0.3, 0.4) is 0 Å². The van der Waals surface area contributed by atoms with Crippen LogP contribution in [0.1, 0.15) is 5.69 Å². The molecule has 2 aromatic rings. The fourth-order valence-electron chi connectivity index (χ4n) is 1.28. The number of aryl methyl sites for hydroxylation is 1. The molecule has 9 heteroatoms. The van der Waals surface area contributed by atoms with Crippen molar-refractivity contribution in [1.82, 2.24) is 20.0 Å². The fraction of sp³-hybridized carbons (Fsp3) is 0.286. The minimum absolute atomic E-state index is 0.0908. The molecule has 5 nitrogen and oxygen atoms in total. The van der Waals surface area contributed by atoms with Crippen molar-refractivity contribution in [1.29, 1.82) is 0 Å². The van der Waals surface area contributed by atoms with Gasteiger partial charge in [0.1, 0.15) is 0 Å². The van der Waals surface area contributed by atoms with Gasteiger partial charge in [0.05, 0.1) is 11.8 Å². The fourth-order valence-corrected chi connectivity index (χ4v) is 1.40. The van der Waals surface area contributed by atoms with Crippen LogP contribution < -0.4 is 0 Å². The van der Waals surface area contributed by atoms with Gasteiger partial charge in [-0.3, -0.25) is 4.68 Å². The molecule has 0 spiro atoms. The highest BCUT2D eigenvalue weighted by molar-refractivity contribution is 7.71. The summed E-state index contributed by atoms with van der Waals surface area (Å²) in [6.07, 6.45) is -3.51. The zero-order valence-electron chi connectivity index (χ0n) is 7.87. The molecule has 0 saturated carbocycles. The van der Waals surface area contributed by atoms with Gasteiger partial charge in [-0.1, -0.05) is 0 Å². The largest absolute Gasteiger partial charge is 0.433 e. The average Bonchev–Trinajstić information content (AvgIpc) is 2.70. The molecule has 2 heterocycles. The van der Waals surface area contributed by atoms with Crippen molar-refractivity contribution in [2.45, 2.75) is 6.18 Å². The Hall–Kier alpha value is -1.64. The Labute approximate surface area is 91.9 Å². The van der Waals surface area contributed by atoms with Crippen LogP contribution >= 0.6 is 12.2 Å². The number of rotatable bonds is 1. The Kier molecular flexibility index (Phi) is 2.34. The van der Waals surface area contributed by atoms with Crippen molar-refractivity contribution in [2.24, 2.45) is 7.05 Å². The van der Waals surface area contributed by atoms with E-state index in [0.29, 0.717) is 4.68 Å². The monoisotopic (exact) mass is 250 g/mol. The van der Waals surface area contributed by atoms with Crippen molar-refractivity contribution in [3.63, 3.8) is 0 Å². The van der Waals surface area contributed by atoms with Crippen LogP contribution in [0.25, 0.3) is 11.5 Å². The first-order valence-corrected chi connectivity index (χ1v) is 4.45. The highest BCUT2D eigenvalue weighted by Crippen LogP contribution is 2.35. The van der Waals surface area contributed by atoms with Crippen LogP contribution in [0.15, 0.2) is 10.6 Å². The van der Waals surface area contributed by atoms with Gasteiger partial charge in [0.15, 0.2) is 5.69 Å². The number of aromatic amines is 1. The number of hydrogen-bond acceptors (Lipinski definition) is 4. The van der Waals surface area contributed by atoms with Crippen LogP contribution in [0.2, 0.25) is 0 Å². The molecule has 0 unspecified atom stereocenters. The van der Waals surface area contributed by atoms with Gasteiger partial charge >= 0.3 is 6.18 Å². The lowest BCUT2D eigenvalue weighted by molar-refractivity contribution is -0.143. The van der Waals surface area contributed by atoms with Crippen molar-refractivity contribution in [3.8, 4) is 11.5 Å². The lowest BCUT2D eigenvalue weighted by atomic mass is 10.2. The maximum Gasteiger partial charge on any atom is 0.433 e. The van der Waals surface area contributed by atoms with Crippen molar-refractivity contribution in [2.75, 3.05) is 0 Å². The summed E-state index contributed by atoms with van der Waals surface area (Å²) in [5.41, 5.74) is -1.18. The molecule has 0 saturated heterocycles. The highest BCUT2D eigenvalue weighted by Gasteiger charge is 2.38. The van der Waals surface area contributed by atoms with Gasteiger partial charge < -0.3 is 4.42 Å². The van der Waals surface area contributed by atoms with Gasteiger partial charge in [-0.05, 0) is 12.2 Å². The van der Waals surface area contributed by atoms with E-state index < -0.39 is 11.9 Å². The Balaban J connectivity index is 2.63. The molecule has 1 N–H and O–H groups in total. The van der Waals surface area contributed by atoms with Gasteiger partial charge in [0.2, 0.25) is 5.89 Å². The molecule has 0 fully saturated rings. The molecular weight excluding hydrogens is 245 g/mol. The number of aromatic nitrogens is 4. The summed E-state index contributed by atoms with van der Waals surface area (Å²) in [5, 5.41) is 9.29. The van der Waals surface area contributed by atoms with Gasteiger partial charge in [-0.15, -0.1) is 5.10 Å². The summed E-state index contributed by atoms with van der Waals surface area (Å²) in [6.45, 7) is 0. The van der Waals surface area contributed by atoms with Crippen LogP contribution in [-0.4, -0.2) is 20.0 Å². The van der Waals surface area contributed by atoms with Crippen molar-refractivity contribution in [3.05, 3.63) is 16.7 Å². The molecule has 0 aliphatic rings. The van der Waals surface area contributed by atoms with Gasteiger partial charge in [-0.25, -0.2) is 5.10 Å². The molecule has 0 bridgehead atoms. The number of nitrogens with zero attached hydrogens (tertiary/aromatic N) is 3. The molecule has 0 amide bonds. The lowest BCUT2D eigenvalue weighted by Crippen LogP contribution is -2.13. The third-order valence-corrected chi connectivity index (χ3v) is 2.05. The number of halogens is 3. The highest BCUT2D eigenvalue weighted by atomic mass is 32.1. The Bertz CT molecular complexity index is 567. The Morgan fingerprint density at radius 2 is 2.19 bits per heavy atom. The van der Waals surface area contributed by atoms with E-state index in [1.165, 1.54) is 7.05 Å². The molecule has 0 atom stereocenters. The predicted molar refractivity (Wildman–Crippen MR) is 48.9 cm³/mol. The zero-order chi connectivity index (χ0) is 11.9. The van der Waals surface area contributed by atoms with E-state index in [0.717, 1.165) is 6.20 Å². The lowest BCUT2D eigenvalue weighted by Gasteiger charge is -2.07. The van der Waals surface area contributed by atoms with E-state index in [-0.39, 0.29) is 16.3 Å². The summed E-state index contributed by atoms with van der Waals surface area (Å²) in [4.78, 5) is -0.0908. The average molecular weight is 250 g/mol. The Morgan fingerprint density at radius 3 is 2.69 bits per heavy atom. The first-order chi connectivity index (χ1) is 7.39. The smallest absolute Gasteiger partial charge is 0.409 e. The minimum atomic E-state index is -4.53. The van der Waals surface area contributed by atoms with Crippen molar-refractivity contribution < 1.29 is 17.6 Å². The van der Waals surface area contributed by atoms with Gasteiger partial charge in [-0.2, -0.15) is 18.3 Å². The topological polar surface area (TPSA) is 59.6 Å². The SMILES string of the molecule is Cn1ncc(-c2n[nH]c(=S)o2)c1C(F)(F)F. The van der Waals surface area contributed by atoms with Gasteiger partial charge in [0.25, 0.3) is 4.84 Å². The normalized spacial score (nSPS) is 12.0. The number of nitrogens with one attached hydrogen (secondary N) is 1. The molecule has 0 radical (unpaired) electrons. The van der Waals surface area contributed by atoms with E-state index in [2.05, 4.69) is 27.5 Å². The quantitative estimate of drug-likeness (QED) is 0.788. The third kappa shape index (κ3) is 1.73. The molecule has 0 aliphatic heterocycles. The van der Waals surface area contributed by atoms with E-state index in [1.807, 2.05) is 0 Å². The van der Waals surface area contributed by atoms with E-state index in [1.54, 1.807) is 0 Å². The maximum absolute atomic E-state index is 12.7. The van der Waals surface area contributed by atoms with E-state index >= 15 is 0 Å². The number of hydrogen-bond donors (Lipinski definition) is 1. The standard InChI is InChI=1S/C7H5F3N4OS/c1-14-4(7(8,9)10)3(2-11-14)5-12-13-6(16)15-5/h2H,1H3,(H,13,16). The number of alkyl halides is 3. The zero-order valence-corrected chi connectivity index (χ0v) is 8.69. The molecular formula is C7H5F3N4OS. The molecule has 16 heavy (non-hydrogen) atoms. The summed E-state index contributed by atoms with van der Waals surface area (Å²) in [7, 11) is 1.19. The van der Waals surface area contributed by atoms with Crippen LogP contribution in [0.5, 0.6) is 0 Å². The molecule has 0 aromatic carbocycles. The second kappa shape index (κ2) is 3.44. The Morgan fingerprint density at radius 1 is 1.50 bits per heavy atom. The second-order valence-electron chi connectivity index (χ2n) is 2.95. The van der Waals surface area contributed by atoms with Crippen LogP contribution in [0, 0.1) is 4.84 Å². The van der Waals surface area contributed by atoms with Crippen molar-refractivity contribution >= 4 is 12.2 Å². The third-order valence-electron chi connectivity index (χ3n) is 1.88. The maximum atomic E-state index is 12.7. The van der Waals surface area contributed by atoms with Crippen LogP contribution in [0.4, 0.5) is 13.2 Å². The summed E-state index contributed by atoms with van der Waals surface area (Å²) < 4.78 is 43.5. The molecule has 86 valence electrons. The van der Waals surface area contributed by atoms with Crippen LogP contribution in [-0.2, 0) is 13.2 Å². The van der Waals surface area contributed by atoms with E-state index in [4.69, 9.17) is 4.42 Å². The van der Waals surface area contributed by atoms with Gasteiger partial charge in [0, 0.05) is 7.05 Å². The first kappa shape index (κ1) is 10.9. The summed E-state index contributed by atoms with van der Waals surface area (Å²) >= 11 is 4.58. The number of H-pyrrole nitrogens is 1. The predicted octanol–water partition coefficient (Wildman–Crippen LogP) is 2.15. The minimum Gasteiger partial charge on any atom is -0.409 e. The molecule has 2 aromatic heterocycles. The molecule has 0 aliphatic carbocycles.